The Kier molecular flexibility index (Phi) is 4.23. The van der Waals surface area contributed by atoms with E-state index in [1.54, 1.807) is 18.2 Å². The van der Waals surface area contributed by atoms with Crippen molar-refractivity contribution in [2.45, 2.75) is 49.6 Å². The molecular weight excluding hydrogens is 282 g/mol. The van der Waals surface area contributed by atoms with Gasteiger partial charge in [0.05, 0.1) is 4.90 Å². The SMILES string of the molecule is CC1(NCc2c(Cl)cccc2S(C)(=O)=O)CCCC1. The average molecular weight is 302 g/mol. The van der Waals surface area contributed by atoms with Crippen LogP contribution in [0.3, 0.4) is 0 Å². The van der Waals surface area contributed by atoms with Gasteiger partial charge < -0.3 is 5.32 Å². The van der Waals surface area contributed by atoms with Crippen molar-refractivity contribution in [1.82, 2.24) is 5.32 Å². The maximum atomic E-state index is 11.8. The highest BCUT2D eigenvalue weighted by Gasteiger charge is 2.28. The van der Waals surface area contributed by atoms with Crippen LogP contribution in [0.25, 0.3) is 0 Å². The van der Waals surface area contributed by atoms with Crippen LogP contribution in [0.2, 0.25) is 5.02 Å². The second-order valence-corrected chi connectivity index (χ2v) is 8.00. The zero-order valence-electron chi connectivity index (χ0n) is 11.4. The van der Waals surface area contributed by atoms with Crippen LogP contribution in [0.1, 0.15) is 38.2 Å². The molecule has 1 N–H and O–H groups in total. The van der Waals surface area contributed by atoms with E-state index in [0.29, 0.717) is 22.0 Å². The lowest BCUT2D eigenvalue weighted by Gasteiger charge is -2.26. The fourth-order valence-corrected chi connectivity index (χ4v) is 3.94. The van der Waals surface area contributed by atoms with Gasteiger partial charge in [-0.15, -0.1) is 0 Å². The smallest absolute Gasteiger partial charge is 0.175 e. The zero-order chi connectivity index (χ0) is 14.1. The Bertz CT molecular complexity index is 563. The Hall–Kier alpha value is -0.580. The molecule has 3 nitrogen and oxygen atoms in total. The van der Waals surface area contributed by atoms with Crippen LogP contribution in [0.5, 0.6) is 0 Å². The Balaban J connectivity index is 2.24. The van der Waals surface area contributed by atoms with Gasteiger partial charge in [-0.1, -0.05) is 30.5 Å². The molecule has 1 fully saturated rings. The van der Waals surface area contributed by atoms with E-state index in [1.807, 2.05) is 0 Å². The number of hydrogen-bond acceptors (Lipinski definition) is 3. The zero-order valence-corrected chi connectivity index (χ0v) is 12.9. The summed E-state index contributed by atoms with van der Waals surface area (Å²) in [5.41, 5.74) is 0.785. The third kappa shape index (κ3) is 3.50. The summed E-state index contributed by atoms with van der Waals surface area (Å²) >= 11 is 6.16. The molecule has 0 spiro atoms. The Morgan fingerprint density at radius 2 is 1.95 bits per heavy atom. The maximum absolute atomic E-state index is 11.8. The molecule has 0 unspecified atom stereocenters. The molecule has 1 saturated carbocycles. The van der Waals surface area contributed by atoms with E-state index in [0.717, 1.165) is 12.8 Å². The molecule has 0 bridgehead atoms. The monoisotopic (exact) mass is 301 g/mol. The summed E-state index contributed by atoms with van der Waals surface area (Å²) in [6.07, 6.45) is 5.94. The molecule has 19 heavy (non-hydrogen) atoms. The van der Waals surface area contributed by atoms with Crippen molar-refractivity contribution in [3.8, 4) is 0 Å². The van der Waals surface area contributed by atoms with Crippen molar-refractivity contribution < 1.29 is 8.42 Å². The fraction of sp³-hybridized carbons (Fsp3) is 0.571. The van der Waals surface area contributed by atoms with Gasteiger partial charge in [0.1, 0.15) is 0 Å². The fourth-order valence-electron chi connectivity index (χ4n) is 2.69. The van der Waals surface area contributed by atoms with E-state index in [4.69, 9.17) is 11.6 Å². The van der Waals surface area contributed by atoms with Crippen LogP contribution < -0.4 is 5.32 Å². The second-order valence-electron chi connectivity index (χ2n) is 5.61. The highest BCUT2D eigenvalue weighted by atomic mass is 35.5. The summed E-state index contributed by atoms with van der Waals surface area (Å²) in [6.45, 7) is 2.69. The van der Waals surface area contributed by atoms with Crippen molar-refractivity contribution in [2.24, 2.45) is 0 Å². The van der Waals surface area contributed by atoms with E-state index < -0.39 is 9.84 Å². The molecule has 1 aliphatic carbocycles. The van der Waals surface area contributed by atoms with Crippen LogP contribution in [-0.2, 0) is 16.4 Å². The van der Waals surface area contributed by atoms with E-state index in [1.165, 1.54) is 19.1 Å². The van der Waals surface area contributed by atoms with E-state index in [9.17, 15) is 8.42 Å². The van der Waals surface area contributed by atoms with Crippen LogP contribution in [0.15, 0.2) is 23.1 Å². The Morgan fingerprint density at radius 1 is 1.32 bits per heavy atom. The number of halogens is 1. The van der Waals surface area contributed by atoms with E-state index in [2.05, 4.69) is 12.2 Å². The van der Waals surface area contributed by atoms with Crippen LogP contribution in [-0.4, -0.2) is 20.2 Å². The third-order valence-corrected chi connectivity index (χ3v) is 5.41. The van der Waals surface area contributed by atoms with Crippen molar-refractivity contribution in [2.75, 3.05) is 6.26 Å². The molecule has 1 aliphatic rings. The van der Waals surface area contributed by atoms with Gasteiger partial charge in [-0.05, 0) is 31.9 Å². The van der Waals surface area contributed by atoms with E-state index in [-0.39, 0.29) is 5.54 Å². The molecule has 0 aromatic heterocycles. The van der Waals surface area contributed by atoms with Gasteiger partial charge in [-0.25, -0.2) is 8.42 Å². The first-order valence-electron chi connectivity index (χ1n) is 6.54. The number of benzene rings is 1. The number of hydrogen-bond donors (Lipinski definition) is 1. The molecule has 0 atom stereocenters. The van der Waals surface area contributed by atoms with Crippen LogP contribution in [0.4, 0.5) is 0 Å². The molecule has 1 aromatic rings. The normalized spacial score (nSPS) is 18.7. The quantitative estimate of drug-likeness (QED) is 0.929. The topological polar surface area (TPSA) is 46.2 Å². The molecule has 1 aromatic carbocycles. The summed E-state index contributed by atoms with van der Waals surface area (Å²) in [5.74, 6) is 0. The number of nitrogens with one attached hydrogen (secondary N) is 1. The highest BCUT2D eigenvalue weighted by Crippen LogP contribution is 2.31. The van der Waals surface area contributed by atoms with Crippen LogP contribution >= 0.6 is 11.6 Å². The first kappa shape index (κ1) is 14.8. The molecular formula is C14H20ClNO2S. The minimum atomic E-state index is -3.25. The largest absolute Gasteiger partial charge is 0.307 e. The first-order valence-corrected chi connectivity index (χ1v) is 8.81. The predicted octanol–water partition coefficient (Wildman–Crippen LogP) is 3.17. The lowest BCUT2D eigenvalue weighted by atomic mass is 10.0. The molecule has 0 heterocycles. The second kappa shape index (κ2) is 5.43. The lowest BCUT2D eigenvalue weighted by molar-refractivity contribution is 0.361. The van der Waals surface area contributed by atoms with Gasteiger partial charge in [0.15, 0.2) is 9.84 Å². The highest BCUT2D eigenvalue weighted by molar-refractivity contribution is 7.90. The molecule has 5 heteroatoms. The van der Waals surface area contributed by atoms with Crippen molar-refractivity contribution in [1.29, 1.82) is 0 Å². The third-order valence-electron chi connectivity index (χ3n) is 3.87. The molecule has 0 radical (unpaired) electrons. The summed E-state index contributed by atoms with van der Waals surface area (Å²) in [7, 11) is -3.25. The van der Waals surface area contributed by atoms with Crippen LogP contribution in [0, 0.1) is 0 Å². The summed E-state index contributed by atoms with van der Waals surface area (Å²) < 4.78 is 23.6. The first-order chi connectivity index (χ1) is 8.82. The van der Waals surface area contributed by atoms with Gasteiger partial charge in [0, 0.05) is 28.9 Å². The molecule has 2 rings (SSSR count). The summed E-state index contributed by atoms with van der Waals surface area (Å²) in [5, 5.41) is 3.99. The van der Waals surface area contributed by atoms with Crippen molar-refractivity contribution in [3.63, 3.8) is 0 Å². The van der Waals surface area contributed by atoms with Crippen molar-refractivity contribution >= 4 is 21.4 Å². The minimum absolute atomic E-state index is 0.105. The Morgan fingerprint density at radius 3 is 2.53 bits per heavy atom. The number of rotatable bonds is 4. The predicted molar refractivity (Wildman–Crippen MR) is 78.3 cm³/mol. The molecule has 0 amide bonds. The van der Waals surface area contributed by atoms with E-state index >= 15 is 0 Å². The summed E-state index contributed by atoms with van der Waals surface area (Å²) in [4.78, 5) is 0.328. The number of sulfone groups is 1. The average Bonchev–Trinajstić information content (AvgIpc) is 2.73. The standard InChI is InChI=1S/C14H20ClNO2S/c1-14(8-3-4-9-14)16-10-11-12(15)6-5-7-13(11)19(2,17)18/h5-7,16H,3-4,8-10H2,1-2H3. The van der Waals surface area contributed by atoms with Gasteiger partial charge >= 0.3 is 0 Å². The van der Waals surface area contributed by atoms with Crippen molar-refractivity contribution in [3.05, 3.63) is 28.8 Å². The minimum Gasteiger partial charge on any atom is -0.307 e. The lowest BCUT2D eigenvalue weighted by Crippen LogP contribution is -2.39. The van der Waals surface area contributed by atoms with Gasteiger partial charge in [-0.2, -0.15) is 0 Å². The van der Waals surface area contributed by atoms with Gasteiger partial charge in [0.2, 0.25) is 0 Å². The Labute approximate surface area is 120 Å². The van der Waals surface area contributed by atoms with Gasteiger partial charge in [0.25, 0.3) is 0 Å². The molecule has 0 saturated heterocycles. The molecule has 0 aliphatic heterocycles. The van der Waals surface area contributed by atoms with Gasteiger partial charge in [-0.3, -0.25) is 0 Å². The molecule has 106 valence electrons. The maximum Gasteiger partial charge on any atom is 0.175 e. The summed E-state index contributed by atoms with van der Waals surface area (Å²) in [6, 6.07) is 5.04.